The number of nitrogens with zero attached hydrogens (tertiary/aromatic N) is 1. The molecule has 0 aliphatic carbocycles. The minimum Gasteiger partial charge on any atom is -0.362 e. The van der Waals surface area contributed by atoms with Gasteiger partial charge >= 0.3 is 6.18 Å². The topological polar surface area (TPSA) is 55.6 Å². The van der Waals surface area contributed by atoms with Gasteiger partial charge in [-0.05, 0) is 0 Å². The van der Waals surface area contributed by atoms with Gasteiger partial charge in [-0.15, -0.1) is 0 Å². The second kappa shape index (κ2) is 4.14. The highest BCUT2D eigenvalue weighted by molar-refractivity contribution is 5.78. The van der Waals surface area contributed by atoms with Crippen LogP contribution in [0.25, 0.3) is 0 Å². The molecule has 7 heteroatoms. The van der Waals surface area contributed by atoms with Crippen LogP contribution in [0.15, 0.2) is 0 Å². The highest BCUT2D eigenvalue weighted by Gasteiger charge is 2.30. The van der Waals surface area contributed by atoms with Crippen LogP contribution in [0.1, 0.15) is 0 Å². The third-order valence-electron chi connectivity index (χ3n) is 1.75. The number of hydrogen-bond acceptors (Lipinski definition) is 3. The summed E-state index contributed by atoms with van der Waals surface area (Å²) in [4.78, 5) is 12.4. The summed E-state index contributed by atoms with van der Waals surface area (Å²) in [6.45, 7) is -1.13. The van der Waals surface area contributed by atoms with Gasteiger partial charge in [-0.3, -0.25) is 4.79 Å². The van der Waals surface area contributed by atoms with Crippen LogP contribution in [0.2, 0.25) is 0 Å². The number of hydrogen-bond donors (Lipinski definition) is 1. The summed E-state index contributed by atoms with van der Waals surface area (Å²) in [7, 11) is 0. The first kappa shape index (κ1) is 11.3. The average molecular weight is 212 g/mol. The van der Waals surface area contributed by atoms with E-state index in [4.69, 9.17) is 5.73 Å². The average Bonchev–Trinajstić information content (AvgIpc) is 1.96. The van der Waals surface area contributed by atoms with E-state index in [2.05, 4.69) is 4.74 Å². The Morgan fingerprint density at radius 3 is 2.50 bits per heavy atom. The van der Waals surface area contributed by atoms with E-state index in [-0.39, 0.29) is 6.04 Å². The third-order valence-corrected chi connectivity index (χ3v) is 1.75. The molecular weight excluding hydrogens is 201 g/mol. The van der Waals surface area contributed by atoms with E-state index < -0.39 is 25.3 Å². The number of alkyl halides is 3. The Hall–Kier alpha value is -0.820. The number of rotatable bonds is 3. The smallest absolute Gasteiger partial charge is 0.362 e. The van der Waals surface area contributed by atoms with Crippen LogP contribution < -0.4 is 5.73 Å². The maximum absolute atomic E-state index is 11.6. The number of carbonyl (C=O) groups excluding carboxylic acids is 1. The van der Waals surface area contributed by atoms with Crippen molar-refractivity contribution in [2.75, 3.05) is 26.3 Å². The SMILES string of the molecule is NC1CN(C(=O)COCC(F)(F)F)C1. The summed E-state index contributed by atoms with van der Waals surface area (Å²) < 4.78 is 39.0. The first-order valence-corrected chi connectivity index (χ1v) is 4.06. The molecule has 2 N–H and O–H groups in total. The standard InChI is InChI=1S/C7H11F3N2O2/c8-7(9,10)4-14-3-6(13)12-1-5(11)2-12/h5H,1-4,11H2. The van der Waals surface area contributed by atoms with Crippen molar-refractivity contribution in [1.82, 2.24) is 4.90 Å². The number of amides is 1. The van der Waals surface area contributed by atoms with Gasteiger partial charge in [0.2, 0.25) is 5.91 Å². The van der Waals surface area contributed by atoms with Crippen LogP contribution in [0, 0.1) is 0 Å². The van der Waals surface area contributed by atoms with Crippen molar-refractivity contribution in [3.8, 4) is 0 Å². The van der Waals surface area contributed by atoms with Gasteiger partial charge in [0.25, 0.3) is 0 Å². The molecule has 0 aromatic carbocycles. The zero-order valence-corrected chi connectivity index (χ0v) is 7.38. The second-order valence-electron chi connectivity index (χ2n) is 3.17. The van der Waals surface area contributed by atoms with E-state index in [9.17, 15) is 18.0 Å². The summed E-state index contributed by atoms with van der Waals surface area (Å²) in [5.74, 6) is -0.448. The molecule has 1 saturated heterocycles. The number of carbonyl (C=O) groups is 1. The fraction of sp³-hybridized carbons (Fsp3) is 0.857. The summed E-state index contributed by atoms with van der Waals surface area (Å²) >= 11 is 0. The Morgan fingerprint density at radius 1 is 1.50 bits per heavy atom. The molecule has 1 amide bonds. The van der Waals surface area contributed by atoms with Crippen molar-refractivity contribution in [1.29, 1.82) is 0 Å². The lowest BCUT2D eigenvalue weighted by Gasteiger charge is -2.36. The van der Waals surface area contributed by atoms with E-state index in [1.807, 2.05) is 0 Å². The highest BCUT2D eigenvalue weighted by Crippen LogP contribution is 2.14. The molecule has 0 atom stereocenters. The molecule has 1 heterocycles. The van der Waals surface area contributed by atoms with Crippen LogP contribution >= 0.6 is 0 Å². The van der Waals surface area contributed by atoms with Gasteiger partial charge in [-0.1, -0.05) is 0 Å². The molecule has 0 aromatic rings. The van der Waals surface area contributed by atoms with Gasteiger partial charge in [0.05, 0.1) is 0 Å². The Bertz CT molecular complexity index is 213. The van der Waals surface area contributed by atoms with Crippen molar-refractivity contribution in [3.05, 3.63) is 0 Å². The molecule has 1 aliphatic rings. The summed E-state index contributed by atoms with van der Waals surface area (Å²) in [6.07, 6.45) is -4.38. The molecule has 0 spiro atoms. The van der Waals surface area contributed by atoms with Crippen molar-refractivity contribution in [3.63, 3.8) is 0 Å². The van der Waals surface area contributed by atoms with Gasteiger partial charge < -0.3 is 15.4 Å². The van der Waals surface area contributed by atoms with Gasteiger partial charge in [-0.25, -0.2) is 0 Å². The van der Waals surface area contributed by atoms with Crippen LogP contribution in [-0.2, 0) is 9.53 Å². The maximum Gasteiger partial charge on any atom is 0.411 e. The van der Waals surface area contributed by atoms with Crippen molar-refractivity contribution < 1.29 is 22.7 Å². The second-order valence-corrected chi connectivity index (χ2v) is 3.17. The lowest BCUT2D eigenvalue weighted by atomic mass is 10.1. The molecule has 4 nitrogen and oxygen atoms in total. The van der Waals surface area contributed by atoms with Crippen LogP contribution in [0.5, 0.6) is 0 Å². The molecule has 0 saturated carbocycles. The molecule has 14 heavy (non-hydrogen) atoms. The lowest BCUT2D eigenvalue weighted by molar-refractivity contribution is -0.178. The molecule has 1 aliphatic heterocycles. The Balaban J connectivity index is 2.10. The fourth-order valence-electron chi connectivity index (χ4n) is 1.06. The number of nitrogens with two attached hydrogens (primary N) is 1. The van der Waals surface area contributed by atoms with Gasteiger partial charge in [0.1, 0.15) is 13.2 Å². The van der Waals surface area contributed by atoms with E-state index in [0.29, 0.717) is 13.1 Å². The van der Waals surface area contributed by atoms with Gasteiger partial charge in [0, 0.05) is 19.1 Å². The molecule has 0 radical (unpaired) electrons. The molecular formula is C7H11F3N2O2. The summed E-state index contributed by atoms with van der Waals surface area (Å²) in [6, 6.07) is -0.0541. The number of likely N-dealkylation sites (tertiary alicyclic amines) is 1. The van der Waals surface area contributed by atoms with E-state index in [0.717, 1.165) is 0 Å². The van der Waals surface area contributed by atoms with Crippen molar-refractivity contribution >= 4 is 5.91 Å². The van der Waals surface area contributed by atoms with E-state index in [1.54, 1.807) is 0 Å². The van der Waals surface area contributed by atoms with Crippen molar-refractivity contribution in [2.45, 2.75) is 12.2 Å². The predicted molar refractivity (Wildman–Crippen MR) is 41.4 cm³/mol. The van der Waals surface area contributed by atoms with E-state index >= 15 is 0 Å². The van der Waals surface area contributed by atoms with E-state index in [1.165, 1.54) is 4.90 Å². The monoisotopic (exact) mass is 212 g/mol. The zero-order chi connectivity index (χ0) is 10.8. The quantitative estimate of drug-likeness (QED) is 0.701. The molecule has 0 aromatic heterocycles. The molecule has 1 fully saturated rings. The van der Waals surface area contributed by atoms with Gasteiger partial charge in [0.15, 0.2) is 0 Å². The first-order chi connectivity index (χ1) is 6.38. The minimum absolute atomic E-state index is 0.0541. The third kappa shape index (κ3) is 3.51. The Labute approximate surface area is 78.8 Å². The summed E-state index contributed by atoms with van der Waals surface area (Å²) in [5.41, 5.74) is 5.39. The number of ether oxygens (including phenoxy) is 1. The zero-order valence-electron chi connectivity index (χ0n) is 7.38. The molecule has 82 valence electrons. The summed E-state index contributed by atoms with van der Waals surface area (Å²) in [5, 5.41) is 0. The highest BCUT2D eigenvalue weighted by atomic mass is 19.4. The number of halogens is 3. The Kier molecular flexibility index (Phi) is 3.33. The molecule has 1 rings (SSSR count). The lowest BCUT2D eigenvalue weighted by Crippen LogP contribution is -2.58. The van der Waals surface area contributed by atoms with Crippen LogP contribution in [0.4, 0.5) is 13.2 Å². The minimum atomic E-state index is -4.38. The largest absolute Gasteiger partial charge is 0.411 e. The van der Waals surface area contributed by atoms with Crippen LogP contribution in [-0.4, -0.2) is 49.3 Å². The molecule has 0 bridgehead atoms. The van der Waals surface area contributed by atoms with Gasteiger partial charge in [-0.2, -0.15) is 13.2 Å². The van der Waals surface area contributed by atoms with Crippen LogP contribution in [0.3, 0.4) is 0 Å². The molecule has 0 unspecified atom stereocenters. The first-order valence-electron chi connectivity index (χ1n) is 4.06. The normalized spacial score (nSPS) is 18.1. The van der Waals surface area contributed by atoms with Crippen molar-refractivity contribution in [2.24, 2.45) is 5.73 Å². The maximum atomic E-state index is 11.6. The predicted octanol–water partition coefficient (Wildman–Crippen LogP) is -0.265. The fourth-order valence-corrected chi connectivity index (χ4v) is 1.06. The Morgan fingerprint density at radius 2 is 2.07 bits per heavy atom.